The van der Waals surface area contributed by atoms with Crippen LogP contribution < -0.4 is 5.73 Å². The molecule has 0 saturated heterocycles. The summed E-state index contributed by atoms with van der Waals surface area (Å²) in [5, 5.41) is 5.40. The fraction of sp³-hybridized carbons (Fsp3) is 0.0909. The maximum Gasteiger partial charge on any atom is 0.214 e. The van der Waals surface area contributed by atoms with Gasteiger partial charge in [0.2, 0.25) is 4.96 Å². The Labute approximate surface area is 96.4 Å². The predicted molar refractivity (Wildman–Crippen MR) is 65.4 cm³/mol. The average molecular weight is 230 g/mol. The highest BCUT2D eigenvalue weighted by molar-refractivity contribution is 7.19. The van der Waals surface area contributed by atoms with E-state index >= 15 is 0 Å². The van der Waals surface area contributed by atoms with Crippen molar-refractivity contribution in [1.82, 2.24) is 14.6 Å². The molecule has 2 aromatic heterocycles. The Morgan fingerprint density at radius 1 is 1.38 bits per heavy atom. The van der Waals surface area contributed by atoms with Gasteiger partial charge in [0.25, 0.3) is 0 Å². The zero-order chi connectivity index (χ0) is 11.1. The largest absolute Gasteiger partial charge is 0.382 e. The topological polar surface area (TPSA) is 56.2 Å². The zero-order valence-electron chi connectivity index (χ0n) is 8.71. The van der Waals surface area contributed by atoms with Crippen LogP contribution in [0.4, 0.5) is 5.82 Å². The van der Waals surface area contributed by atoms with Gasteiger partial charge in [-0.3, -0.25) is 0 Å². The van der Waals surface area contributed by atoms with E-state index in [2.05, 4.69) is 35.2 Å². The van der Waals surface area contributed by atoms with E-state index in [1.165, 1.54) is 5.56 Å². The number of benzene rings is 1. The summed E-state index contributed by atoms with van der Waals surface area (Å²) in [6.07, 6.45) is 1.73. The highest BCUT2D eigenvalue weighted by atomic mass is 32.1. The molecule has 0 radical (unpaired) electrons. The van der Waals surface area contributed by atoms with Gasteiger partial charge in [-0.05, 0) is 13.0 Å². The molecule has 3 aromatic rings. The summed E-state index contributed by atoms with van der Waals surface area (Å²) in [5.74, 6) is 0.509. The fourth-order valence-corrected chi connectivity index (χ4v) is 2.50. The van der Waals surface area contributed by atoms with Crippen LogP contribution in [0.3, 0.4) is 0 Å². The van der Waals surface area contributed by atoms with E-state index in [-0.39, 0.29) is 0 Å². The highest BCUT2D eigenvalue weighted by Gasteiger charge is 2.08. The van der Waals surface area contributed by atoms with Gasteiger partial charge in [-0.1, -0.05) is 35.1 Å². The summed E-state index contributed by atoms with van der Waals surface area (Å²) in [6.45, 7) is 2.07. The van der Waals surface area contributed by atoms with Crippen molar-refractivity contribution in [3.8, 4) is 10.6 Å². The van der Waals surface area contributed by atoms with E-state index in [1.807, 2.05) is 6.07 Å². The minimum Gasteiger partial charge on any atom is -0.382 e. The molecule has 1 aromatic carbocycles. The van der Waals surface area contributed by atoms with Crippen LogP contribution in [-0.4, -0.2) is 14.6 Å². The first-order chi connectivity index (χ1) is 7.72. The molecule has 0 aliphatic carbocycles. The third kappa shape index (κ3) is 1.45. The van der Waals surface area contributed by atoms with Crippen molar-refractivity contribution in [1.29, 1.82) is 0 Å². The van der Waals surface area contributed by atoms with E-state index in [9.17, 15) is 0 Å². The Bertz CT molecular complexity index is 621. The Hall–Kier alpha value is -1.88. The average Bonchev–Trinajstić information content (AvgIpc) is 2.74. The number of hydrogen-bond donors (Lipinski definition) is 1. The molecule has 0 amide bonds. The van der Waals surface area contributed by atoms with Gasteiger partial charge in [0.05, 0.1) is 6.20 Å². The second-order valence-corrected chi connectivity index (χ2v) is 4.63. The second kappa shape index (κ2) is 3.31. The number of anilines is 1. The molecule has 0 fully saturated rings. The van der Waals surface area contributed by atoms with Crippen LogP contribution in [0.5, 0.6) is 0 Å². The Balaban J connectivity index is 2.15. The van der Waals surface area contributed by atoms with E-state index < -0.39 is 0 Å². The molecular weight excluding hydrogens is 220 g/mol. The number of hydrogen-bond acceptors (Lipinski definition) is 4. The van der Waals surface area contributed by atoms with Crippen LogP contribution in [0, 0.1) is 6.92 Å². The number of aryl methyl sites for hydroxylation is 1. The van der Waals surface area contributed by atoms with Gasteiger partial charge in [0, 0.05) is 5.56 Å². The van der Waals surface area contributed by atoms with Gasteiger partial charge in [-0.15, -0.1) is 0 Å². The molecule has 5 heteroatoms. The molecule has 0 aliphatic heterocycles. The maximum atomic E-state index is 5.58. The molecule has 4 nitrogen and oxygen atoms in total. The molecule has 3 rings (SSSR count). The minimum absolute atomic E-state index is 0.509. The Kier molecular flexibility index (Phi) is 1.94. The fourth-order valence-electron chi connectivity index (χ4n) is 1.61. The minimum atomic E-state index is 0.509. The number of nitrogens with zero attached hydrogens (tertiary/aromatic N) is 3. The van der Waals surface area contributed by atoms with Gasteiger partial charge in [0.15, 0.2) is 0 Å². The number of nitrogens with two attached hydrogens (primary N) is 1. The Morgan fingerprint density at radius 3 is 3.00 bits per heavy atom. The normalized spacial score (nSPS) is 11.1. The number of rotatable bonds is 1. The lowest BCUT2D eigenvalue weighted by Crippen LogP contribution is -1.84. The molecule has 0 aliphatic rings. The van der Waals surface area contributed by atoms with E-state index in [0.717, 1.165) is 15.5 Å². The second-order valence-electron chi connectivity index (χ2n) is 3.67. The molecule has 0 atom stereocenters. The summed E-state index contributed by atoms with van der Waals surface area (Å²) in [7, 11) is 0. The standard InChI is InChI=1S/C11H10N4S/c1-7-3-2-4-8(5-7)10-14-15-6-9(12)13-11(15)16-10/h2-6H,12H2,1H3. The van der Waals surface area contributed by atoms with Crippen molar-refractivity contribution >= 4 is 22.1 Å². The van der Waals surface area contributed by atoms with Crippen molar-refractivity contribution < 1.29 is 0 Å². The van der Waals surface area contributed by atoms with Crippen molar-refractivity contribution in [2.45, 2.75) is 6.92 Å². The molecule has 2 N–H and O–H groups in total. The number of fused-ring (bicyclic) bond motifs is 1. The summed E-state index contributed by atoms with van der Waals surface area (Å²) in [4.78, 5) is 5.01. The van der Waals surface area contributed by atoms with Gasteiger partial charge >= 0.3 is 0 Å². The van der Waals surface area contributed by atoms with E-state index in [1.54, 1.807) is 22.0 Å². The quantitative estimate of drug-likeness (QED) is 0.698. The van der Waals surface area contributed by atoms with E-state index in [4.69, 9.17) is 5.73 Å². The summed E-state index contributed by atoms with van der Waals surface area (Å²) < 4.78 is 1.72. The molecule has 0 saturated carbocycles. The first-order valence-electron chi connectivity index (χ1n) is 4.91. The summed E-state index contributed by atoms with van der Waals surface area (Å²) >= 11 is 1.54. The lowest BCUT2D eigenvalue weighted by Gasteiger charge is -1.96. The smallest absolute Gasteiger partial charge is 0.214 e. The van der Waals surface area contributed by atoms with Crippen LogP contribution in [0.2, 0.25) is 0 Å². The van der Waals surface area contributed by atoms with Crippen molar-refractivity contribution in [2.75, 3.05) is 5.73 Å². The van der Waals surface area contributed by atoms with Crippen molar-refractivity contribution in [2.24, 2.45) is 0 Å². The van der Waals surface area contributed by atoms with Crippen molar-refractivity contribution in [3.63, 3.8) is 0 Å². The van der Waals surface area contributed by atoms with Crippen LogP contribution in [0.15, 0.2) is 30.5 Å². The monoisotopic (exact) mass is 230 g/mol. The van der Waals surface area contributed by atoms with Gasteiger partial charge in [-0.25, -0.2) is 9.50 Å². The van der Waals surface area contributed by atoms with Crippen LogP contribution in [-0.2, 0) is 0 Å². The Morgan fingerprint density at radius 2 is 2.25 bits per heavy atom. The molecule has 80 valence electrons. The van der Waals surface area contributed by atoms with Crippen molar-refractivity contribution in [3.05, 3.63) is 36.0 Å². The number of aromatic nitrogens is 3. The number of imidazole rings is 1. The lowest BCUT2D eigenvalue weighted by atomic mass is 10.1. The van der Waals surface area contributed by atoms with Crippen LogP contribution in [0.1, 0.15) is 5.56 Å². The summed E-state index contributed by atoms with van der Waals surface area (Å²) in [5.41, 5.74) is 7.93. The first-order valence-corrected chi connectivity index (χ1v) is 5.73. The molecule has 0 unspecified atom stereocenters. The van der Waals surface area contributed by atoms with Crippen LogP contribution >= 0.6 is 11.3 Å². The maximum absolute atomic E-state index is 5.58. The zero-order valence-corrected chi connectivity index (χ0v) is 9.53. The highest BCUT2D eigenvalue weighted by Crippen LogP contribution is 2.26. The molecule has 16 heavy (non-hydrogen) atoms. The molecular formula is C11H10N4S. The predicted octanol–water partition coefficient (Wildman–Crippen LogP) is 2.35. The van der Waals surface area contributed by atoms with Gasteiger partial charge in [0.1, 0.15) is 10.8 Å². The lowest BCUT2D eigenvalue weighted by molar-refractivity contribution is 0.978. The molecule has 0 spiro atoms. The third-order valence-electron chi connectivity index (χ3n) is 2.33. The van der Waals surface area contributed by atoms with Gasteiger partial charge < -0.3 is 5.73 Å². The van der Waals surface area contributed by atoms with Gasteiger partial charge in [-0.2, -0.15) is 5.10 Å². The first kappa shape index (κ1) is 9.35. The SMILES string of the molecule is Cc1cccc(-c2nn3cc(N)nc3s2)c1. The molecule has 0 bridgehead atoms. The molecule has 2 heterocycles. The summed E-state index contributed by atoms with van der Waals surface area (Å²) in [6, 6.07) is 8.26. The van der Waals surface area contributed by atoms with Crippen LogP contribution in [0.25, 0.3) is 15.5 Å². The third-order valence-corrected chi connectivity index (χ3v) is 3.30. The van der Waals surface area contributed by atoms with E-state index in [0.29, 0.717) is 5.82 Å². The number of nitrogen functional groups attached to an aromatic ring is 1.